The number of ether oxygens (including phenoxy) is 1. The van der Waals surface area contributed by atoms with Gasteiger partial charge in [-0.2, -0.15) is 0 Å². The number of hydrogen-bond acceptors (Lipinski definition) is 5. The molecule has 2 aliphatic heterocycles. The molecule has 0 spiro atoms. The molecule has 0 aliphatic carbocycles. The molecule has 2 aromatic rings. The van der Waals surface area contributed by atoms with Gasteiger partial charge in [-0.05, 0) is 65.3 Å². The third-order valence-corrected chi connectivity index (χ3v) is 8.36. The van der Waals surface area contributed by atoms with Crippen molar-refractivity contribution in [2.24, 2.45) is 0 Å². The van der Waals surface area contributed by atoms with E-state index in [-0.39, 0.29) is 12.2 Å². The Morgan fingerprint density at radius 3 is 2.17 bits per heavy atom. The number of hydroxylamine groups is 2. The summed E-state index contributed by atoms with van der Waals surface area (Å²) < 4.78 is 5.92. The van der Waals surface area contributed by atoms with Crippen LogP contribution in [0.25, 0.3) is 0 Å². The van der Waals surface area contributed by atoms with Crippen LogP contribution < -0.4 is 4.90 Å². The molecule has 0 atom stereocenters. The molecule has 2 aromatic carbocycles. The number of rotatable bonds is 4. The van der Waals surface area contributed by atoms with Gasteiger partial charge in [0.05, 0.1) is 5.69 Å². The fourth-order valence-corrected chi connectivity index (χ4v) is 6.48. The Bertz CT molecular complexity index is 1050. The van der Waals surface area contributed by atoms with Crippen LogP contribution in [-0.4, -0.2) is 59.4 Å². The minimum Gasteiger partial charge on any atom is -0.446 e. The van der Waals surface area contributed by atoms with Crippen LogP contribution in [-0.2, 0) is 9.94 Å². The standard InChI is InChI=1S/C28H38N3O3S/c1-20-11-12-24(21(2)17-20)35-25-10-8-7-9-23(25)29-13-15-30(16-14-29)26(32)34-22-18-27(3,4)31(33)28(5,6)19-22/h7-12,17,22H,13-16,18-19H2,1-6H3. The molecule has 2 aliphatic rings. The number of amides is 1. The Labute approximate surface area is 214 Å². The topological polar surface area (TPSA) is 55.9 Å². The van der Waals surface area contributed by atoms with Crippen LogP contribution in [0.4, 0.5) is 10.5 Å². The molecule has 1 radical (unpaired) electrons. The number of aryl methyl sites for hydroxylation is 2. The second kappa shape index (κ2) is 10.0. The quantitative estimate of drug-likeness (QED) is 0.513. The highest BCUT2D eigenvalue weighted by atomic mass is 32.2. The number of carbonyl (C=O) groups excluding carboxylic acids is 1. The fourth-order valence-electron chi connectivity index (χ4n) is 5.44. The van der Waals surface area contributed by atoms with Gasteiger partial charge in [0.2, 0.25) is 0 Å². The van der Waals surface area contributed by atoms with Crippen molar-refractivity contribution < 1.29 is 14.7 Å². The van der Waals surface area contributed by atoms with E-state index in [4.69, 9.17) is 4.74 Å². The van der Waals surface area contributed by atoms with Gasteiger partial charge in [-0.25, -0.2) is 4.79 Å². The third-order valence-electron chi connectivity index (χ3n) is 7.12. The van der Waals surface area contributed by atoms with Crippen molar-refractivity contribution in [3.05, 3.63) is 53.6 Å². The molecule has 7 heteroatoms. The van der Waals surface area contributed by atoms with Crippen molar-refractivity contribution in [2.75, 3.05) is 31.1 Å². The number of hydrogen-bond donors (Lipinski definition) is 0. The van der Waals surface area contributed by atoms with Crippen LogP contribution in [0.15, 0.2) is 52.3 Å². The SMILES string of the molecule is Cc1ccc(Sc2ccccc2N2CCN(C(=O)OC3CC(C)(C)N([O])C(C)(C)C3)CC2)c(C)c1. The largest absolute Gasteiger partial charge is 0.446 e. The van der Waals surface area contributed by atoms with Crippen molar-refractivity contribution in [3.8, 4) is 0 Å². The maximum atomic E-state index is 13.0. The summed E-state index contributed by atoms with van der Waals surface area (Å²) in [6.45, 7) is 14.7. The van der Waals surface area contributed by atoms with E-state index in [9.17, 15) is 10.0 Å². The summed E-state index contributed by atoms with van der Waals surface area (Å²) in [6, 6.07) is 15.1. The van der Waals surface area contributed by atoms with Gasteiger partial charge in [-0.3, -0.25) is 0 Å². The molecule has 189 valence electrons. The van der Waals surface area contributed by atoms with E-state index < -0.39 is 11.1 Å². The van der Waals surface area contributed by atoms with Gasteiger partial charge in [0.1, 0.15) is 6.10 Å². The molecule has 2 fully saturated rings. The molecule has 1 amide bonds. The smallest absolute Gasteiger partial charge is 0.410 e. The zero-order chi connectivity index (χ0) is 25.4. The second-order valence-electron chi connectivity index (χ2n) is 11.1. The lowest BCUT2D eigenvalue weighted by atomic mass is 9.80. The number of para-hydroxylation sites is 1. The second-order valence-corrected chi connectivity index (χ2v) is 12.2. The van der Waals surface area contributed by atoms with Crippen molar-refractivity contribution in [1.82, 2.24) is 9.96 Å². The molecule has 35 heavy (non-hydrogen) atoms. The Morgan fingerprint density at radius 1 is 0.914 bits per heavy atom. The van der Waals surface area contributed by atoms with E-state index >= 15 is 0 Å². The molecule has 0 N–H and O–H groups in total. The monoisotopic (exact) mass is 496 g/mol. The van der Waals surface area contributed by atoms with E-state index in [0.29, 0.717) is 25.9 Å². The maximum Gasteiger partial charge on any atom is 0.410 e. The summed E-state index contributed by atoms with van der Waals surface area (Å²) in [5, 5.41) is 13.8. The third kappa shape index (κ3) is 5.79. The Kier molecular flexibility index (Phi) is 7.41. The summed E-state index contributed by atoms with van der Waals surface area (Å²) in [6.07, 6.45) is 0.590. The number of anilines is 1. The van der Waals surface area contributed by atoms with Crippen LogP contribution in [0.5, 0.6) is 0 Å². The molecular weight excluding hydrogens is 458 g/mol. The molecule has 2 saturated heterocycles. The van der Waals surface area contributed by atoms with E-state index in [1.165, 1.54) is 26.6 Å². The molecule has 2 heterocycles. The molecular formula is C28H38N3O3S. The highest BCUT2D eigenvalue weighted by molar-refractivity contribution is 7.99. The van der Waals surface area contributed by atoms with Gasteiger partial charge in [0, 0.05) is 59.9 Å². The Balaban J connectivity index is 1.37. The van der Waals surface area contributed by atoms with Gasteiger partial charge in [0.15, 0.2) is 0 Å². The zero-order valence-electron chi connectivity index (χ0n) is 21.8. The average Bonchev–Trinajstić information content (AvgIpc) is 2.79. The van der Waals surface area contributed by atoms with Crippen molar-refractivity contribution in [1.29, 1.82) is 0 Å². The summed E-state index contributed by atoms with van der Waals surface area (Å²) in [5.74, 6) is 0. The summed E-state index contributed by atoms with van der Waals surface area (Å²) in [7, 11) is 0. The van der Waals surface area contributed by atoms with E-state index in [1.807, 2.05) is 27.7 Å². The van der Waals surface area contributed by atoms with Gasteiger partial charge >= 0.3 is 6.09 Å². The van der Waals surface area contributed by atoms with Crippen molar-refractivity contribution >= 4 is 23.5 Å². The van der Waals surface area contributed by atoms with E-state index in [2.05, 4.69) is 61.2 Å². The summed E-state index contributed by atoms with van der Waals surface area (Å²) in [4.78, 5) is 19.6. The van der Waals surface area contributed by atoms with Gasteiger partial charge in [0.25, 0.3) is 0 Å². The van der Waals surface area contributed by atoms with Crippen LogP contribution >= 0.6 is 11.8 Å². The first-order valence-corrected chi connectivity index (χ1v) is 13.3. The van der Waals surface area contributed by atoms with Crippen molar-refractivity contribution in [3.63, 3.8) is 0 Å². The number of nitrogens with zero attached hydrogens (tertiary/aromatic N) is 3. The molecule has 0 aromatic heterocycles. The van der Waals surface area contributed by atoms with Crippen LogP contribution in [0.3, 0.4) is 0 Å². The normalized spacial score (nSPS) is 20.7. The fraction of sp³-hybridized carbons (Fsp3) is 0.536. The number of piperazine rings is 1. The molecule has 6 nitrogen and oxygen atoms in total. The Morgan fingerprint density at radius 2 is 1.54 bits per heavy atom. The Hall–Kier alpha value is -2.22. The van der Waals surface area contributed by atoms with Crippen LogP contribution in [0, 0.1) is 13.8 Å². The first kappa shape index (κ1) is 25.9. The lowest BCUT2D eigenvalue weighted by molar-refractivity contribution is -0.298. The highest BCUT2D eigenvalue weighted by Crippen LogP contribution is 2.39. The zero-order valence-corrected chi connectivity index (χ0v) is 22.7. The predicted molar refractivity (Wildman–Crippen MR) is 140 cm³/mol. The number of carbonyl (C=O) groups is 1. The lowest BCUT2D eigenvalue weighted by Gasteiger charge is -2.49. The van der Waals surface area contributed by atoms with Gasteiger partial charge < -0.3 is 14.5 Å². The molecule has 0 unspecified atom stereocenters. The first-order valence-electron chi connectivity index (χ1n) is 12.5. The average molecular weight is 497 g/mol. The highest BCUT2D eigenvalue weighted by Gasteiger charge is 2.47. The minimum atomic E-state index is -0.553. The predicted octanol–water partition coefficient (Wildman–Crippen LogP) is 6.08. The van der Waals surface area contributed by atoms with Crippen molar-refractivity contribution in [2.45, 2.75) is 81.4 Å². The summed E-state index contributed by atoms with van der Waals surface area (Å²) in [5.41, 5.74) is 2.66. The maximum absolute atomic E-state index is 13.0. The molecule has 4 rings (SSSR count). The van der Waals surface area contributed by atoms with Crippen LogP contribution in [0.1, 0.15) is 51.7 Å². The minimum absolute atomic E-state index is 0.245. The number of piperidine rings is 1. The summed E-state index contributed by atoms with van der Waals surface area (Å²) >= 11 is 1.80. The first-order chi connectivity index (χ1) is 16.5. The van der Waals surface area contributed by atoms with Crippen LogP contribution in [0.2, 0.25) is 0 Å². The van der Waals surface area contributed by atoms with Gasteiger partial charge in [-0.1, -0.05) is 41.6 Å². The number of benzene rings is 2. The van der Waals surface area contributed by atoms with E-state index in [1.54, 1.807) is 16.7 Å². The lowest BCUT2D eigenvalue weighted by Crippen LogP contribution is -2.60. The molecule has 0 saturated carbocycles. The van der Waals surface area contributed by atoms with E-state index in [0.717, 1.165) is 18.2 Å². The van der Waals surface area contributed by atoms with Gasteiger partial charge in [-0.15, -0.1) is 10.3 Å². The molecule has 0 bridgehead atoms.